The number of carbonyl (C=O) groups is 1. The van der Waals surface area contributed by atoms with Crippen molar-refractivity contribution in [3.63, 3.8) is 0 Å². The number of rotatable bonds is 5. The molecule has 1 aliphatic rings. The molecule has 8 nitrogen and oxygen atoms in total. The molecule has 1 fully saturated rings. The van der Waals surface area contributed by atoms with Crippen molar-refractivity contribution in [3.05, 3.63) is 22.2 Å². The van der Waals surface area contributed by atoms with Crippen LogP contribution in [0.15, 0.2) is 12.1 Å². The number of methoxy groups -OCH3 is 1. The third-order valence-electron chi connectivity index (χ3n) is 3.37. The lowest BCUT2D eigenvalue weighted by Crippen LogP contribution is -2.39. The van der Waals surface area contributed by atoms with Gasteiger partial charge in [0.25, 0.3) is 0 Å². The molecule has 0 radical (unpaired) electrons. The van der Waals surface area contributed by atoms with Gasteiger partial charge in [0.15, 0.2) is 0 Å². The third kappa shape index (κ3) is 3.80. The van der Waals surface area contributed by atoms with Gasteiger partial charge in [0.2, 0.25) is 17.6 Å². The summed E-state index contributed by atoms with van der Waals surface area (Å²) in [5.74, 6) is 0.229. The zero-order valence-electron chi connectivity index (χ0n) is 11.9. The van der Waals surface area contributed by atoms with E-state index in [-0.39, 0.29) is 29.8 Å². The molecule has 1 N–H and O–H groups in total. The van der Waals surface area contributed by atoms with Gasteiger partial charge in [-0.1, -0.05) is 0 Å². The second-order valence-corrected chi connectivity index (χ2v) is 4.77. The smallest absolute Gasteiger partial charge is 0.311 e. The van der Waals surface area contributed by atoms with Crippen molar-refractivity contribution in [1.82, 2.24) is 9.88 Å². The predicted molar refractivity (Wildman–Crippen MR) is 76.4 cm³/mol. The number of nitrogens with zero attached hydrogens (tertiary/aromatic N) is 3. The van der Waals surface area contributed by atoms with Crippen LogP contribution in [-0.4, -0.2) is 47.5 Å². The fourth-order valence-corrected chi connectivity index (χ4v) is 2.24. The van der Waals surface area contributed by atoms with Crippen LogP contribution in [0.5, 0.6) is 5.88 Å². The molecule has 114 valence electrons. The Labute approximate surface area is 122 Å². The number of amides is 1. The Kier molecular flexibility index (Phi) is 4.91. The van der Waals surface area contributed by atoms with Crippen LogP contribution in [-0.2, 0) is 4.79 Å². The number of carbonyl (C=O) groups excluding carboxylic acids is 1. The monoisotopic (exact) mass is 294 g/mol. The van der Waals surface area contributed by atoms with Gasteiger partial charge in [-0.15, -0.1) is 0 Å². The highest BCUT2D eigenvalue weighted by molar-refractivity contribution is 5.81. The van der Waals surface area contributed by atoms with E-state index in [4.69, 9.17) is 4.74 Å². The van der Waals surface area contributed by atoms with Gasteiger partial charge in [-0.05, 0) is 19.3 Å². The van der Waals surface area contributed by atoms with Crippen LogP contribution in [0, 0.1) is 10.1 Å². The quantitative estimate of drug-likeness (QED) is 0.651. The second kappa shape index (κ2) is 6.87. The average molecular weight is 294 g/mol. The fraction of sp³-hybridized carbons (Fsp3) is 0.538. The summed E-state index contributed by atoms with van der Waals surface area (Å²) < 4.78 is 4.94. The van der Waals surface area contributed by atoms with Crippen LogP contribution in [0.3, 0.4) is 0 Å². The van der Waals surface area contributed by atoms with Gasteiger partial charge >= 0.3 is 5.69 Å². The van der Waals surface area contributed by atoms with Gasteiger partial charge in [0.1, 0.15) is 0 Å². The molecule has 0 unspecified atom stereocenters. The van der Waals surface area contributed by atoms with E-state index >= 15 is 0 Å². The van der Waals surface area contributed by atoms with Crippen LogP contribution in [0.2, 0.25) is 0 Å². The molecule has 2 rings (SSSR count). The Morgan fingerprint density at radius 3 is 2.76 bits per heavy atom. The molecular weight excluding hydrogens is 276 g/mol. The summed E-state index contributed by atoms with van der Waals surface area (Å²) in [6, 6.07) is 2.72. The molecule has 2 heterocycles. The lowest BCUT2D eigenvalue weighted by molar-refractivity contribution is -0.384. The van der Waals surface area contributed by atoms with E-state index in [1.165, 1.54) is 19.2 Å². The number of hydrogen-bond acceptors (Lipinski definition) is 6. The summed E-state index contributed by atoms with van der Waals surface area (Å²) in [6.45, 7) is 1.48. The van der Waals surface area contributed by atoms with Crippen molar-refractivity contribution in [2.24, 2.45) is 0 Å². The first-order chi connectivity index (χ1) is 10.1. The largest absolute Gasteiger partial charge is 0.481 e. The first-order valence-electron chi connectivity index (χ1n) is 6.83. The SMILES string of the molecule is COc1ccc([N+](=O)[O-])c(NCC(=O)N2CCCCC2)n1. The van der Waals surface area contributed by atoms with Crippen LogP contribution >= 0.6 is 0 Å². The normalized spacial score (nSPS) is 14.6. The Morgan fingerprint density at radius 2 is 2.14 bits per heavy atom. The van der Waals surface area contributed by atoms with Crippen molar-refractivity contribution in [2.45, 2.75) is 19.3 Å². The molecule has 1 aliphatic heterocycles. The van der Waals surface area contributed by atoms with E-state index in [1.54, 1.807) is 4.90 Å². The minimum Gasteiger partial charge on any atom is -0.481 e. The van der Waals surface area contributed by atoms with E-state index in [0.717, 1.165) is 32.4 Å². The molecule has 1 saturated heterocycles. The Hall–Kier alpha value is -2.38. The number of hydrogen-bond donors (Lipinski definition) is 1. The maximum absolute atomic E-state index is 12.0. The molecule has 0 spiro atoms. The van der Waals surface area contributed by atoms with Crippen molar-refractivity contribution in [3.8, 4) is 5.88 Å². The van der Waals surface area contributed by atoms with Crippen LogP contribution in [0.4, 0.5) is 11.5 Å². The Morgan fingerprint density at radius 1 is 1.43 bits per heavy atom. The summed E-state index contributed by atoms with van der Waals surface area (Å²) in [7, 11) is 1.43. The van der Waals surface area contributed by atoms with Gasteiger partial charge < -0.3 is 15.0 Å². The lowest BCUT2D eigenvalue weighted by atomic mass is 10.1. The van der Waals surface area contributed by atoms with E-state index < -0.39 is 4.92 Å². The first kappa shape index (κ1) is 15.0. The minimum absolute atomic E-state index is 0.0129. The van der Waals surface area contributed by atoms with Crippen LogP contribution in [0.25, 0.3) is 0 Å². The maximum Gasteiger partial charge on any atom is 0.311 e. The fourth-order valence-electron chi connectivity index (χ4n) is 2.24. The highest BCUT2D eigenvalue weighted by Gasteiger charge is 2.20. The first-order valence-corrected chi connectivity index (χ1v) is 6.83. The summed E-state index contributed by atoms with van der Waals surface area (Å²) >= 11 is 0. The zero-order chi connectivity index (χ0) is 15.2. The molecule has 0 aliphatic carbocycles. The highest BCUT2D eigenvalue weighted by Crippen LogP contribution is 2.24. The average Bonchev–Trinajstić information content (AvgIpc) is 2.52. The number of nitro groups is 1. The van der Waals surface area contributed by atoms with E-state index in [9.17, 15) is 14.9 Å². The van der Waals surface area contributed by atoms with Gasteiger partial charge in [-0.2, -0.15) is 4.98 Å². The summed E-state index contributed by atoms with van der Waals surface area (Å²) in [6.07, 6.45) is 3.15. The van der Waals surface area contributed by atoms with E-state index in [1.807, 2.05) is 0 Å². The number of piperidine rings is 1. The molecule has 0 aromatic carbocycles. The molecule has 1 aromatic rings. The Balaban J connectivity index is 2.04. The number of aromatic nitrogens is 1. The molecule has 0 atom stereocenters. The molecule has 8 heteroatoms. The van der Waals surface area contributed by atoms with Gasteiger partial charge in [-0.3, -0.25) is 14.9 Å². The van der Waals surface area contributed by atoms with Crippen LogP contribution in [0.1, 0.15) is 19.3 Å². The molecule has 1 amide bonds. The molecule has 1 aromatic heterocycles. The summed E-state index contributed by atoms with van der Waals surface area (Å²) in [5.41, 5.74) is -0.178. The van der Waals surface area contributed by atoms with Crippen molar-refractivity contribution < 1.29 is 14.5 Å². The van der Waals surface area contributed by atoms with E-state index in [2.05, 4.69) is 10.3 Å². The predicted octanol–water partition coefficient (Wildman–Crippen LogP) is 1.42. The zero-order valence-corrected chi connectivity index (χ0v) is 11.9. The minimum atomic E-state index is -0.542. The maximum atomic E-state index is 12.0. The number of ether oxygens (including phenoxy) is 1. The van der Waals surface area contributed by atoms with Crippen molar-refractivity contribution in [1.29, 1.82) is 0 Å². The number of anilines is 1. The van der Waals surface area contributed by atoms with Gasteiger partial charge in [-0.25, -0.2) is 0 Å². The number of nitrogens with one attached hydrogen (secondary N) is 1. The summed E-state index contributed by atoms with van der Waals surface area (Å²) in [5, 5.41) is 13.7. The summed E-state index contributed by atoms with van der Waals surface area (Å²) in [4.78, 5) is 28.2. The highest BCUT2D eigenvalue weighted by atomic mass is 16.6. The molecule has 0 bridgehead atoms. The Bertz CT molecular complexity index is 529. The molecular formula is C13H18N4O4. The third-order valence-corrected chi connectivity index (χ3v) is 3.37. The van der Waals surface area contributed by atoms with Gasteiger partial charge in [0, 0.05) is 25.2 Å². The molecule has 21 heavy (non-hydrogen) atoms. The van der Waals surface area contributed by atoms with Crippen LogP contribution < -0.4 is 10.1 Å². The second-order valence-electron chi connectivity index (χ2n) is 4.77. The standard InChI is InChI=1S/C13H18N4O4/c1-21-11-6-5-10(17(19)20)13(15-11)14-9-12(18)16-7-3-2-4-8-16/h5-6H,2-4,7-9H2,1H3,(H,14,15). The number of likely N-dealkylation sites (tertiary alicyclic amines) is 1. The lowest BCUT2D eigenvalue weighted by Gasteiger charge is -2.26. The topological polar surface area (TPSA) is 97.6 Å². The van der Waals surface area contributed by atoms with Crippen molar-refractivity contribution in [2.75, 3.05) is 32.1 Å². The molecule has 0 saturated carbocycles. The number of pyridine rings is 1. The van der Waals surface area contributed by atoms with E-state index in [0.29, 0.717) is 0 Å². The van der Waals surface area contributed by atoms with Gasteiger partial charge in [0.05, 0.1) is 18.6 Å². The van der Waals surface area contributed by atoms with Crippen molar-refractivity contribution >= 4 is 17.4 Å².